The third-order valence-electron chi connectivity index (χ3n) is 2.03. The zero-order valence-corrected chi connectivity index (χ0v) is 11.0. The van der Waals surface area contributed by atoms with Gasteiger partial charge in [-0.25, -0.2) is 5.48 Å². The van der Waals surface area contributed by atoms with Gasteiger partial charge in [0.05, 0.1) is 6.61 Å². The Bertz CT molecular complexity index is 290. The SMILES string of the molecule is O=C(CC[CH2][AlH2])NOCc1ccccc1. The van der Waals surface area contributed by atoms with Gasteiger partial charge in [-0.3, -0.25) is 9.63 Å². The van der Waals surface area contributed by atoms with Crippen molar-refractivity contribution in [1.82, 2.24) is 5.48 Å². The number of carbonyl (C=O) groups excluding carboxylic acids is 1. The highest BCUT2D eigenvalue weighted by atomic mass is 27.0. The molecule has 4 heteroatoms. The van der Waals surface area contributed by atoms with Gasteiger partial charge in [0.1, 0.15) is 0 Å². The van der Waals surface area contributed by atoms with E-state index in [0.29, 0.717) is 13.0 Å². The van der Waals surface area contributed by atoms with E-state index < -0.39 is 0 Å². The predicted molar refractivity (Wildman–Crippen MR) is 62.0 cm³/mol. The molecule has 0 fully saturated rings. The molecule has 0 saturated heterocycles. The smallest absolute Gasteiger partial charge is 0.243 e. The number of benzene rings is 1. The number of hydrogen-bond donors (Lipinski definition) is 1. The molecule has 0 aliphatic rings. The van der Waals surface area contributed by atoms with Crippen molar-refractivity contribution in [3.05, 3.63) is 35.9 Å². The van der Waals surface area contributed by atoms with E-state index in [4.69, 9.17) is 4.84 Å². The third kappa shape index (κ3) is 5.58. The fourth-order valence-electron chi connectivity index (χ4n) is 1.16. The summed E-state index contributed by atoms with van der Waals surface area (Å²) in [4.78, 5) is 16.3. The van der Waals surface area contributed by atoms with Gasteiger partial charge in [0.15, 0.2) is 0 Å². The van der Waals surface area contributed by atoms with E-state index in [2.05, 4.69) is 5.48 Å². The Labute approximate surface area is 98.2 Å². The fraction of sp³-hybridized carbons (Fsp3) is 0.364. The molecule has 1 amide bonds. The van der Waals surface area contributed by atoms with Crippen molar-refractivity contribution >= 4 is 22.2 Å². The number of hydrogen-bond acceptors (Lipinski definition) is 2. The van der Waals surface area contributed by atoms with E-state index in [1.165, 1.54) is 0 Å². The highest BCUT2D eigenvalue weighted by Crippen LogP contribution is 1.99. The number of rotatable bonds is 6. The molecule has 0 aromatic heterocycles. The highest BCUT2D eigenvalue weighted by Gasteiger charge is 1.99. The van der Waals surface area contributed by atoms with E-state index >= 15 is 0 Å². The van der Waals surface area contributed by atoms with Crippen LogP contribution in [0.4, 0.5) is 0 Å². The monoisotopic (exact) mass is 221 g/mol. The van der Waals surface area contributed by atoms with Crippen molar-refractivity contribution in [2.75, 3.05) is 0 Å². The summed E-state index contributed by atoms with van der Waals surface area (Å²) in [6, 6.07) is 9.77. The van der Waals surface area contributed by atoms with Crippen molar-refractivity contribution in [2.24, 2.45) is 0 Å². The molecule has 0 aliphatic heterocycles. The van der Waals surface area contributed by atoms with E-state index in [9.17, 15) is 4.79 Å². The number of amides is 1. The first-order valence-corrected chi connectivity index (χ1v) is 6.69. The lowest BCUT2D eigenvalue weighted by molar-refractivity contribution is -0.134. The van der Waals surface area contributed by atoms with Crippen LogP contribution in [0.15, 0.2) is 30.3 Å². The Balaban J connectivity index is 2.14. The molecule has 0 unspecified atom stereocenters. The molecule has 0 atom stereocenters. The summed E-state index contributed by atoms with van der Waals surface area (Å²) in [5.74, 6) is -0.0261. The molecule has 0 bridgehead atoms. The largest absolute Gasteiger partial charge is 0.273 e. The predicted octanol–water partition coefficient (Wildman–Crippen LogP) is 1.07. The maximum atomic E-state index is 11.2. The van der Waals surface area contributed by atoms with Gasteiger partial charge in [-0.15, -0.1) is 5.28 Å². The zero-order valence-electron chi connectivity index (χ0n) is 9.03. The van der Waals surface area contributed by atoms with E-state index in [1.54, 1.807) is 0 Å². The summed E-state index contributed by atoms with van der Waals surface area (Å²) in [6.45, 7) is 0.424. The summed E-state index contributed by atoms with van der Waals surface area (Å²) in [5, 5.41) is 1.16. The minimum Gasteiger partial charge on any atom is -0.273 e. The van der Waals surface area contributed by atoms with Gasteiger partial charge in [-0.1, -0.05) is 36.8 Å². The number of hydroxylamine groups is 1. The van der Waals surface area contributed by atoms with Crippen LogP contribution in [-0.2, 0) is 16.2 Å². The van der Waals surface area contributed by atoms with Gasteiger partial charge in [0.2, 0.25) is 22.2 Å². The van der Waals surface area contributed by atoms with Crippen molar-refractivity contribution < 1.29 is 9.63 Å². The van der Waals surface area contributed by atoms with Crippen LogP contribution in [0.5, 0.6) is 0 Å². The summed E-state index contributed by atoms with van der Waals surface area (Å²) in [5.41, 5.74) is 3.50. The fourth-order valence-corrected chi connectivity index (χ4v) is 1.52. The second-order valence-electron chi connectivity index (χ2n) is 3.40. The van der Waals surface area contributed by atoms with Gasteiger partial charge < -0.3 is 0 Å². The molecule has 1 aromatic rings. The first-order valence-electron chi connectivity index (χ1n) is 5.27. The van der Waals surface area contributed by atoms with Crippen molar-refractivity contribution in [1.29, 1.82) is 0 Å². The van der Waals surface area contributed by atoms with Crippen LogP contribution >= 0.6 is 0 Å². The molecule has 3 nitrogen and oxygen atoms in total. The minimum absolute atomic E-state index is 0.0261. The lowest BCUT2D eigenvalue weighted by atomic mass is 10.2. The molecule has 0 aliphatic carbocycles. The molecule has 0 heterocycles. The van der Waals surface area contributed by atoms with Crippen LogP contribution in [0.1, 0.15) is 18.4 Å². The molecule has 0 saturated carbocycles. The van der Waals surface area contributed by atoms with Gasteiger partial charge in [0, 0.05) is 6.42 Å². The normalized spacial score (nSPS) is 9.87. The first-order chi connectivity index (χ1) is 7.33. The molecular weight excluding hydrogens is 205 g/mol. The van der Waals surface area contributed by atoms with Crippen LogP contribution in [0.3, 0.4) is 0 Å². The second-order valence-corrected chi connectivity index (χ2v) is 4.40. The highest BCUT2D eigenvalue weighted by molar-refractivity contribution is 6.08. The van der Waals surface area contributed by atoms with Gasteiger partial charge >= 0.3 is 0 Å². The van der Waals surface area contributed by atoms with Gasteiger partial charge in [0.25, 0.3) is 0 Å². The second kappa shape index (κ2) is 7.47. The number of nitrogens with one attached hydrogen (secondary N) is 1. The lowest BCUT2D eigenvalue weighted by Gasteiger charge is -2.05. The van der Waals surface area contributed by atoms with E-state index in [1.807, 2.05) is 30.3 Å². The van der Waals surface area contributed by atoms with E-state index in [-0.39, 0.29) is 5.91 Å². The van der Waals surface area contributed by atoms with Gasteiger partial charge in [-0.05, 0) is 5.56 Å². The molecule has 15 heavy (non-hydrogen) atoms. The van der Waals surface area contributed by atoms with Crippen molar-refractivity contribution in [3.63, 3.8) is 0 Å². The van der Waals surface area contributed by atoms with Crippen LogP contribution < -0.4 is 5.48 Å². The van der Waals surface area contributed by atoms with Crippen LogP contribution in [0.25, 0.3) is 0 Å². The minimum atomic E-state index is -0.0261. The van der Waals surface area contributed by atoms with Crippen LogP contribution in [-0.4, -0.2) is 22.2 Å². The van der Waals surface area contributed by atoms with Crippen LogP contribution in [0.2, 0.25) is 5.28 Å². The molecular formula is C11H16AlNO2. The summed E-state index contributed by atoms with van der Waals surface area (Å²) in [6.07, 6.45) is 1.53. The molecule has 0 spiro atoms. The topological polar surface area (TPSA) is 38.3 Å². The standard InChI is InChI=1S/C11H14NO2.Al.2H/c1-2-6-11(13)12-14-9-10-7-4-3-5-8-10;;;/h3-5,7-8H,1-2,6,9H2,(H,12,13);;;. The number of carbonyl (C=O) groups is 1. The first kappa shape index (κ1) is 12.3. The Morgan fingerprint density at radius 3 is 2.73 bits per heavy atom. The van der Waals surface area contributed by atoms with Crippen LogP contribution in [0, 0.1) is 0 Å². The Hall–Kier alpha value is -0.818. The molecule has 1 N–H and O–H groups in total. The summed E-state index contributed by atoms with van der Waals surface area (Å²) in [7, 11) is 0. The Morgan fingerprint density at radius 1 is 1.33 bits per heavy atom. The quantitative estimate of drug-likeness (QED) is 0.576. The Morgan fingerprint density at radius 2 is 2.07 bits per heavy atom. The van der Waals surface area contributed by atoms with Gasteiger partial charge in [-0.2, -0.15) is 0 Å². The molecule has 1 aromatic carbocycles. The molecule has 1 rings (SSSR count). The lowest BCUT2D eigenvalue weighted by Crippen LogP contribution is -2.23. The molecule has 0 radical (unpaired) electrons. The molecule has 80 valence electrons. The zero-order chi connectivity index (χ0) is 10.9. The Kier molecular flexibility index (Phi) is 6.10. The van der Waals surface area contributed by atoms with Crippen molar-refractivity contribution in [2.45, 2.75) is 24.7 Å². The average molecular weight is 221 g/mol. The summed E-state index contributed by atoms with van der Waals surface area (Å²) >= 11 is 1.16. The average Bonchev–Trinajstić information content (AvgIpc) is 2.28. The van der Waals surface area contributed by atoms with Crippen molar-refractivity contribution in [3.8, 4) is 0 Å². The summed E-state index contributed by atoms with van der Waals surface area (Å²) < 4.78 is 0. The van der Waals surface area contributed by atoms with E-state index in [0.717, 1.165) is 33.6 Å². The maximum absolute atomic E-state index is 11.2. The third-order valence-corrected chi connectivity index (χ3v) is 2.73. The maximum Gasteiger partial charge on any atom is 0.243 e.